The summed E-state index contributed by atoms with van der Waals surface area (Å²) >= 11 is 0. The van der Waals surface area contributed by atoms with Crippen molar-refractivity contribution in [1.29, 1.82) is 0 Å². The Morgan fingerprint density at radius 2 is 1.36 bits per heavy atom. The van der Waals surface area contributed by atoms with Crippen LogP contribution in [0.15, 0.2) is 0 Å². The fraction of sp³-hybridized carbons (Fsp3) is 0.920. The van der Waals surface area contributed by atoms with Gasteiger partial charge in [-0.1, -0.05) is 0 Å². The minimum atomic E-state index is -5.28. The molecule has 3 heterocycles. The van der Waals surface area contributed by atoms with E-state index in [-0.39, 0.29) is 13.0 Å². The molecule has 3 aliphatic rings. The number of hydrogen-bond donors (Lipinski definition) is 11. The van der Waals surface area contributed by atoms with E-state index in [1.165, 1.54) is 6.92 Å². The molecule has 0 saturated carbocycles. The van der Waals surface area contributed by atoms with E-state index >= 15 is 0 Å². The van der Waals surface area contributed by atoms with Crippen molar-refractivity contribution in [3.8, 4) is 0 Å². The second kappa shape index (κ2) is 17.9. The van der Waals surface area contributed by atoms with E-state index in [0.717, 1.165) is 6.92 Å². The summed E-state index contributed by atoms with van der Waals surface area (Å²) in [5, 5.41) is 77.7. The monoisotopic (exact) mass is 762 g/mol. The Hall–Kier alpha value is -1.68. The standard InChI is InChI=1S/C25H42F3N2O19P/c1-8-13(34)15(36)20(23(44-8)43-5-3-4-29-24(39)25(26,27)28)48-22-17(38)16(37)18(10(6-31)46-22)47-21-12(30-9(2)33)14(35)19(11(7-32)45-21)49-50(40,41)42/h8,10-23,31-32,34-38H,3-7H2,1-2H3,(H,29,39)(H,30,33)(H2,40,41,42)/t8-,10+,11+,12-,13-,14+,15+,16+,17+,18+,19+,20+,21-,22+,23+/m0/s1. The van der Waals surface area contributed by atoms with Crippen LogP contribution in [0.3, 0.4) is 0 Å². The fourth-order valence-corrected chi connectivity index (χ4v) is 5.94. The quantitative estimate of drug-likeness (QED) is 0.0582. The summed E-state index contributed by atoms with van der Waals surface area (Å²) in [4.78, 5) is 41.4. The van der Waals surface area contributed by atoms with Gasteiger partial charge in [-0.25, -0.2) is 4.57 Å². The molecule has 0 bridgehead atoms. The van der Waals surface area contributed by atoms with Crippen LogP contribution in [0.2, 0.25) is 0 Å². The van der Waals surface area contributed by atoms with Crippen molar-refractivity contribution in [2.75, 3.05) is 26.4 Å². The highest BCUT2D eigenvalue weighted by Crippen LogP contribution is 2.42. The van der Waals surface area contributed by atoms with Gasteiger partial charge >= 0.3 is 19.9 Å². The number of phosphoric acid groups is 1. The number of halogens is 3. The molecule has 0 unspecified atom stereocenters. The smallest absolute Gasteiger partial charge is 0.394 e. The second-order valence-electron chi connectivity index (χ2n) is 11.6. The number of carbonyl (C=O) groups is 2. The van der Waals surface area contributed by atoms with Gasteiger partial charge in [0.15, 0.2) is 18.9 Å². The number of phosphoric ester groups is 1. The lowest BCUT2D eigenvalue weighted by atomic mass is 9.95. The first kappa shape index (κ1) is 42.7. The molecule has 0 radical (unpaired) electrons. The zero-order valence-corrected chi connectivity index (χ0v) is 27.3. The molecule has 292 valence electrons. The van der Waals surface area contributed by atoms with Gasteiger partial charge in [-0.05, 0) is 13.3 Å². The molecule has 2 amide bonds. The van der Waals surface area contributed by atoms with Crippen molar-refractivity contribution in [3.05, 3.63) is 0 Å². The number of aliphatic hydroxyl groups excluding tert-OH is 7. The van der Waals surface area contributed by atoms with E-state index < -0.39 is 138 Å². The molecule has 0 aromatic carbocycles. The predicted octanol–water partition coefficient (Wildman–Crippen LogP) is -5.19. The molecule has 0 spiro atoms. The Balaban J connectivity index is 1.74. The lowest BCUT2D eigenvalue weighted by Gasteiger charge is -2.49. The minimum absolute atomic E-state index is 0.172. The van der Waals surface area contributed by atoms with Crippen LogP contribution in [-0.2, 0) is 47.1 Å². The third-order valence-electron chi connectivity index (χ3n) is 7.82. The maximum Gasteiger partial charge on any atom is 0.471 e. The molecule has 11 N–H and O–H groups in total. The lowest BCUT2D eigenvalue weighted by molar-refractivity contribution is -0.378. The number of rotatable bonds is 14. The van der Waals surface area contributed by atoms with E-state index in [9.17, 15) is 72.9 Å². The number of alkyl halides is 3. The highest BCUT2D eigenvalue weighted by atomic mass is 31.2. The van der Waals surface area contributed by atoms with Crippen molar-refractivity contribution in [2.24, 2.45) is 0 Å². The van der Waals surface area contributed by atoms with Crippen LogP contribution in [0.25, 0.3) is 0 Å². The van der Waals surface area contributed by atoms with Crippen molar-refractivity contribution < 1.29 is 106 Å². The zero-order valence-electron chi connectivity index (χ0n) is 26.4. The number of amides is 2. The van der Waals surface area contributed by atoms with Gasteiger partial charge < -0.3 is 84.6 Å². The summed E-state index contributed by atoms with van der Waals surface area (Å²) in [7, 11) is -5.28. The summed E-state index contributed by atoms with van der Waals surface area (Å²) in [5.41, 5.74) is 0. The van der Waals surface area contributed by atoms with Crippen molar-refractivity contribution in [3.63, 3.8) is 0 Å². The summed E-state index contributed by atoms with van der Waals surface area (Å²) in [6.45, 7) is -0.429. The van der Waals surface area contributed by atoms with Gasteiger partial charge in [0.25, 0.3) is 0 Å². The van der Waals surface area contributed by atoms with Crippen LogP contribution in [0, 0.1) is 0 Å². The molecule has 0 aromatic heterocycles. The van der Waals surface area contributed by atoms with Crippen LogP contribution in [0.1, 0.15) is 20.3 Å². The first-order chi connectivity index (χ1) is 23.2. The van der Waals surface area contributed by atoms with Crippen molar-refractivity contribution in [2.45, 2.75) is 119 Å². The Morgan fingerprint density at radius 3 is 1.92 bits per heavy atom. The zero-order chi connectivity index (χ0) is 37.7. The van der Waals surface area contributed by atoms with Gasteiger partial charge in [-0.3, -0.25) is 14.1 Å². The largest absolute Gasteiger partial charge is 0.471 e. The molecule has 0 aromatic rings. The molecule has 15 atom stereocenters. The second-order valence-corrected chi connectivity index (χ2v) is 12.8. The highest BCUT2D eigenvalue weighted by molar-refractivity contribution is 7.46. The Labute approximate surface area is 281 Å². The number of ether oxygens (including phenoxy) is 6. The normalized spacial score (nSPS) is 39.9. The minimum Gasteiger partial charge on any atom is -0.394 e. The summed E-state index contributed by atoms with van der Waals surface area (Å²) < 4.78 is 86.5. The molecular formula is C25H42F3N2O19P. The number of carbonyl (C=O) groups excluding carboxylic acids is 2. The van der Waals surface area contributed by atoms with Crippen LogP contribution < -0.4 is 10.6 Å². The lowest BCUT2D eigenvalue weighted by Crippen LogP contribution is -2.68. The number of hydrogen-bond acceptors (Lipinski definition) is 17. The van der Waals surface area contributed by atoms with Crippen molar-refractivity contribution >= 4 is 19.6 Å². The summed E-state index contributed by atoms with van der Waals surface area (Å²) in [6.07, 6.45) is -29.8. The maximum atomic E-state index is 12.4. The molecule has 3 aliphatic heterocycles. The average Bonchev–Trinajstić information content (AvgIpc) is 3.02. The van der Waals surface area contributed by atoms with E-state index in [4.69, 9.17) is 28.4 Å². The third-order valence-corrected chi connectivity index (χ3v) is 8.33. The molecule has 3 fully saturated rings. The van der Waals surface area contributed by atoms with Gasteiger partial charge in [0, 0.05) is 13.5 Å². The third kappa shape index (κ3) is 10.9. The highest BCUT2D eigenvalue weighted by Gasteiger charge is 2.54. The Bertz CT molecular complexity index is 1170. The van der Waals surface area contributed by atoms with Crippen LogP contribution >= 0.6 is 7.82 Å². The topological polar surface area (TPSA) is 322 Å². The molecule has 0 aliphatic carbocycles. The van der Waals surface area contributed by atoms with E-state index in [2.05, 4.69) is 9.84 Å². The molecular weight excluding hydrogens is 720 g/mol. The summed E-state index contributed by atoms with van der Waals surface area (Å²) in [6, 6.07) is -1.68. The van der Waals surface area contributed by atoms with E-state index in [1.807, 2.05) is 0 Å². The number of nitrogens with one attached hydrogen (secondary N) is 2. The predicted molar refractivity (Wildman–Crippen MR) is 150 cm³/mol. The first-order valence-electron chi connectivity index (χ1n) is 15.1. The maximum absolute atomic E-state index is 12.4. The first-order valence-corrected chi connectivity index (χ1v) is 16.6. The molecule has 21 nitrogen and oxygen atoms in total. The molecule has 50 heavy (non-hydrogen) atoms. The molecule has 25 heteroatoms. The van der Waals surface area contributed by atoms with Gasteiger partial charge in [-0.2, -0.15) is 13.2 Å². The van der Waals surface area contributed by atoms with E-state index in [1.54, 1.807) is 5.32 Å². The Kier molecular flexibility index (Phi) is 15.3. The Morgan fingerprint density at radius 1 is 0.800 bits per heavy atom. The van der Waals surface area contributed by atoms with Crippen LogP contribution in [-0.4, -0.2) is 182 Å². The SMILES string of the molecule is CC(=O)N[C@@H]1[C@H](O[C@H]2[C@H](O)[C@@H](O)[C@@H](O[C@H]3[C@H](OCCCNC(=O)C(F)(F)F)O[C@@H](C)[C@H](O)[C@H]3O)O[C@@H]2CO)O[C@H](CO)[C@@H](OP(=O)(O)O)[C@@H]1O. The summed E-state index contributed by atoms with van der Waals surface area (Å²) in [5.74, 6) is -2.98. The van der Waals surface area contributed by atoms with Gasteiger partial charge in [-0.15, -0.1) is 0 Å². The van der Waals surface area contributed by atoms with Crippen molar-refractivity contribution in [1.82, 2.24) is 10.6 Å². The van der Waals surface area contributed by atoms with Gasteiger partial charge in [0.2, 0.25) is 5.91 Å². The fourth-order valence-electron chi connectivity index (χ4n) is 5.36. The van der Waals surface area contributed by atoms with Gasteiger partial charge in [0.1, 0.15) is 67.1 Å². The van der Waals surface area contributed by atoms with Crippen LogP contribution in [0.4, 0.5) is 13.2 Å². The average molecular weight is 763 g/mol. The van der Waals surface area contributed by atoms with E-state index in [0.29, 0.717) is 0 Å². The van der Waals surface area contributed by atoms with Gasteiger partial charge in [0.05, 0.1) is 25.9 Å². The molecule has 3 saturated heterocycles. The molecule has 3 rings (SSSR count). The number of aliphatic hydroxyl groups is 7. The van der Waals surface area contributed by atoms with Crippen LogP contribution in [0.5, 0.6) is 0 Å².